The highest BCUT2D eigenvalue weighted by atomic mass is 29.6. The lowest BCUT2D eigenvalue weighted by Crippen LogP contribution is -2.29. The first-order chi connectivity index (χ1) is 10.7. The Morgan fingerprint density at radius 1 is 0.773 bits per heavy atom. The van der Waals surface area contributed by atoms with Gasteiger partial charge in [-0.2, -0.15) is 0 Å². The highest BCUT2D eigenvalue weighted by Crippen LogP contribution is 2.10. The van der Waals surface area contributed by atoms with Gasteiger partial charge in [0.25, 0.3) is 0 Å². The molecule has 0 aliphatic heterocycles. The number of aryl methyl sites for hydroxylation is 4. The molecule has 0 saturated carbocycles. The molecule has 2 aromatic carbocycles. The molecule has 0 fully saturated rings. The van der Waals surface area contributed by atoms with Gasteiger partial charge in [-0.15, -0.1) is 0 Å². The summed E-state index contributed by atoms with van der Waals surface area (Å²) in [4.78, 5) is 0. The van der Waals surface area contributed by atoms with Crippen LogP contribution in [0.2, 0.25) is 18.6 Å². The highest BCUT2D eigenvalue weighted by molar-refractivity contribution is 7.39. The summed E-state index contributed by atoms with van der Waals surface area (Å²) in [5.41, 5.74) is 5.89. The monoisotopic (exact) mass is 342 g/mol. The summed E-state index contributed by atoms with van der Waals surface area (Å²) < 4.78 is 0. The molecule has 0 heterocycles. The number of benzene rings is 2. The van der Waals surface area contributed by atoms with E-state index in [4.69, 9.17) is 0 Å². The van der Waals surface area contributed by atoms with Crippen LogP contribution in [0.5, 0.6) is 0 Å². The fraction of sp³-hybridized carbons (Fsp3) is 0.368. The van der Waals surface area contributed by atoms with Gasteiger partial charge in [-0.05, 0) is 37.8 Å². The highest BCUT2D eigenvalue weighted by Gasteiger charge is 2.09. The van der Waals surface area contributed by atoms with E-state index in [1.54, 1.807) is 23.2 Å². The zero-order valence-corrected chi connectivity index (χ0v) is 18.4. The second-order valence-electron chi connectivity index (χ2n) is 6.68. The van der Waals surface area contributed by atoms with Crippen LogP contribution in [0.25, 0.3) is 0 Å². The summed E-state index contributed by atoms with van der Waals surface area (Å²) >= 11 is 0. The summed E-state index contributed by atoms with van der Waals surface area (Å²) in [6.07, 6.45) is 2.70. The third-order valence-corrected chi connectivity index (χ3v) is 27.0. The molecule has 0 nitrogen and oxygen atoms in total. The van der Waals surface area contributed by atoms with Gasteiger partial charge in [-0.25, -0.2) is 0 Å². The predicted octanol–water partition coefficient (Wildman–Crippen LogP) is 3.11. The van der Waals surface area contributed by atoms with Gasteiger partial charge < -0.3 is 0 Å². The minimum absolute atomic E-state index is 0.249. The predicted molar refractivity (Wildman–Crippen MR) is 109 cm³/mol. The van der Waals surface area contributed by atoms with Gasteiger partial charge in [0.05, 0.1) is 0 Å². The van der Waals surface area contributed by atoms with E-state index in [1.807, 2.05) is 0 Å². The number of hydrogen-bond acceptors (Lipinski definition) is 0. The Kier molecular flexibility index (Phi) is 7.36. The van der Waals surface area contributed by atoms with Crippen molar-refractivity contribution in [2.45, 2.75) is 45.3 Å². The van der Waals surface area contributed by atoms with Crippen LogP contribution >= 0.6 is 0 Å². The van der Waals surface area contributed by atoms with E-state index in [-0.39, 0.29) is 16.9 Å². The molecule has 3 heteroatoms. The lowest BCUT2D eigenvalue weighted by atomic mass is 10.1. The van der Waals surface area contributed by atoms with Crippen molar-refractivity contribution in [3.63, 3.8) is 0 Å². The van der Waals surface area contributed by atoms with Gasteiger partial charge in [-0.1, -0.05) is 78.3 Å². The van der Waals surface area contributed by atoms with E-state index >= 15 is 0 Å². The third kappa shape index (κ3) is 6.07. The van der Waals surface area contributed by atoms with Crippen LogP contribution < -0.4 is 0 Å². The van der Waals surface area contributed by atoms with E-state index in [2.05, 4.69) is 68.9 Å². The molecule has 1 unspecified atom stereocenters. The maximum atomic E-state index is 2.57. The van der Waals surface area contributed by atoms with Crippen molar-refractivity contribution in [1.82, 2.24) is 0 Å². The van der Waals surface area contributed by atoms with Gasteiger partial charge >= 0.3 is 0 Å². The van der Waals surface area contributed by atoms with E-state index in [0.717, 1.165) is 0 Å². The minimum atomic E-state index is -0.268. The molecule has 22 heavy (non-hydrogen) atoms. The fourth-order valence-corrected chi connectivity index (χ4v) is 19.2. The normalized spacial score (nSPS) is 13.4. The zero-order valence-electron chi connectivity index (χ0n) is 14.4. The summed E-state index contributed by atoms with van der Waals surface area (Å²) in [5.74, 6) is 0. The molecule has 0 spiro atoms. The summed E-state index contributed by atoms with van der Waals surface area (Å²) in [6, 6.07) is 21.5. The van der Waals surface area contributed by atoms with Crippen LogP contribution in [0.15, 0.2) is 48.5 Å². The summed E-state index contributed by atoms with van der Waals surface area (Å²) in [5, 5.41) is 0. The van der Waals surface area contributed by atoms with Crippen molar-refractivity contribution >= 4 is 25.9 Å². The lowest BCUT2D eigenvalue weighted by Gasteiger charge is -2.12. The standard InChI is InChI=1S/C19H30Si3/c1-16-4-8-18(9-5-16)12-14-21-22(20-3)15-13-19-10-6-17(2)7-11-19/h4-11,22H,12-15,20-21H2,1-3H3. The van der Waals surface area contributed by atoms with Crippen molar-refractivity contribution in [2.75, 3.05) is 0 Å². The number of hydrogen-bond donors (Lipinski definition) is 0. The van der Waals surface area contributed by atoms with Gasteiger partial charge in [-0.3, -0.25) is 0 Å². The molecule has 0 bridgehead atoms. The van der Waals surface area contributed by atoms with Crippen molar-refractivity contribution < 1.29 is 0 Å². The Morgan fingerprint density at radius 2 is 1.27 bits per heavy atom. The molecule has 1 atom stereocenters. The molecule has 2 rings (SSSR count). The molecule has 0 radical (unpaired) electrons. The maximum Gasteiger partial charge on any atom is 0.0130 e. The van der Waals surface area contributed by atoms with Gasteiger partial charge in [0.1, 0.15) is 0 Å². The summed E-state index contributed by atoms with van der Waals surface area (Å²) in [7, 11) is 0.279. The Labute approximate surface area is 142 Å². The SMILES string of the molecule is C[SiH2][SiH](CCc1ccc(C)cc1)[SiH2]CCc1ccc(C)cc1. The van der Waals surface area contributed by atoms with Crippen molar-refractivity contribution in [3.05, 3.63) is 70.8 Å². The summed E-state index contributed by atoms with van der Waals surface area (Å²) in [6.45, 7) is 6.93. The van der Waals surface area contributed by atoms with Gasteiger partial charge in [0.2, 0.25) is 0 Å². The lowest BCUT2D eigenvalue weighted by molar-refractivity contribution is 1.11. The molecule has 0 amide bonds. The van der Waals surface area contributed by atoms with Crippen molar-refractivity contribution in [1.29, 1.82) is 0 Å². The minimum Gasteiger partial charge on any atom is -0.0771 e. The van der Waals surface area contributed by atoms with Crippen LogP contribution in [0.3, 0.4) is 0 Å². The van der Waals surface area contributed by atoms with Gasteiger partial charge in [0.15, 0.2) is 0 Å². The van der Waals surface area contributed by atoms with Crippen LogP contribution in [-0.4, -0.2) is 25.9 Å². The Bertz CT molecular complexity index is 546. The first-order valence-corrected chi connectivity index (χ1v) is 18.5. The van der Waals surface area contributed by atoms with Crippen LogP contribution in [-0.2, 0) is 12.8 Å². The molecule has 0 N–H and O–H groups in total. The second-order valence-corrected chi connectivity index (χ2v) is 25.7. The average molecular weight is 343 g/mol. The smallest absolute Gasteiger partial charge is 0.0130 e. The Morgan fingerprint density at radius 3 is 1.77 bits per heavy atom. The molecule has 0 aliphatic rings. The number of rotatable bonds is 8. The van der Waals surface area contributed by atoms with Crippen LogP contribution in [0.4, 0.5) is 0 Å². The van der Waals surface area contributed by atoms with E-state index in [1.165, 1.54) is 24.0 Å². The molecule has 118 valence electrons. The van der Waals surface area contributed by atoms with E-state index in [0.29, 0.717) is 9.04 Å². The first kappa shape index (κ1) is 17.4. The van der Waals surface area contributed by atoms with Crippen molar-refractivity contribution in [2.24, 2.45) is 0 Å². The fourth-order valence-electron chi connectivity index (χ4n) is 3.03. The Hall–Kier alpha value is -0.909. The second kappa shape index (κ2) is 9.28. The molecule has 0 aromatic heterocycles. The first-order valence-electron chi connectivity index (χ1n) is 8.78. The van der Waals surface area contributed by atoms with Gasteiger partial charge in [0, 0.05) is 25.9 Å². The largest absolute Gasteiger partial charge is 0.0771 e. The molecular weight excluding hydrogens is 312 g/mol. The molecule has 0 saturated heterocycles. The topological polar surface area (TPSA) is 0 Å². The molecule has 2 aromatic rings. The van der Waals surface area contributed by atoms with E-state index < -0.39 is 0 Å². The maximum absolute atomic E-state index is 2.57. The van der Waals surface area contributed by atoms with Crippen LogP contribution in [0.1, 0.15) is 22.3 Å². The van der Waals surface area contributed by atoms with Crippen LogP contribution in [0, 0.1) is 13.8 Å². The zero-order chi connectivity index (χ0) is 15.8. The third-order valence-electron chi connectivity index (χ3n) is 4.74. The average Bonchev–Trinajstić information content (AvgIpc) is 2.54. The molecule has 0 aliphatic carbocycles. The Balaban J connectivity index is 1.72. The van der Waals surface area contributed by atoms with Crippen molar-refractivity contribution in [3.8, 4) is 0 Å². The van der Waals surface area contributed by atoms with E-state index in [9.17, 15) is 0 Å². The quantitative estimate of drug-likeness (QED) is 0.647. The molecular formula is C19H30Si3.